The van der Waals surface area contributed by atoms with Gasteiger partial charge in [0.1, 0.15) is 0 Å². The molecule has 0 aliphatic rings. The van der Waals surface area contributed by atoms with Crippen LogP contribution in [0.2, 0.25) is 0 Å². The fourth-order valence-electron chi connectivity index (χ4n) is 1.58. The van der Waals surface area contributed by atoms with Gasteiger partial charge in [-0.15, -0.1) is 0 Å². The smallest absolute Gasteiger partial charge is 0.316 e. The summed E-state index contributed by atoms with van der Waals surface area (Å²) >= 11 is 0. The molecule has 2 rings (SSSR count). The number of carbonyl (C=O) groups is 1. The van der Waals surface area contributed by atoms with Crippen LogP contribution in [0, 0.1) is 0 Å². The number of nitrogens with two attached hydrogens (primary N) is 1. The minimum atomic E-state index is -0.549. The summed E-state index contributed by atoms with van der Waals surface area (Å²) in [5, 5.41) is 2.52. The van der Waals surface area contributed by atoms with Gasteiger partial charge in [0, 0.05) is 18.1 Å². The normalized spacial score (nSPS) is 9.88. The lowest BCUT2D eigenvalue weighted by molar-refractivity contribution is 0.259. The lowest BCUT2D eigenvalue weighted by Crippen LogP contribution is -2.19. The first-order valence-electron chi connectivity index (χ1n) is 5.28. The zero-order valence-electron chi connectivity index (χ0n) is 9.26. The van der Waals surface area contributed by atoms with E-state index in [1.165, 1.54) is 11.1 Å². The highest BCUT2D eigenvalue weighted by Gasteiger charge is 1.98. The number of primary amides is 1. The fraction of sp³-hybridized carbons (Fsp3) is 0.0769. The molecule has 4 nitrogen and oxygen atoms in total. The lowest BCUT2D eigenvalue weighted by Gasteiger charge is -2.04. The summed E-state index contributed by atoms with van der Waals surface area (Å²) < 4.78 is 0. The Morgan fingerprint density at radius 3 is 2.24 bits per heavy atom. The van der Waals surface area contributed by atoms with Crippen LogP contribution in [0.4, 0.5) is 10.5 Å². The Kier molecular flexibility index (Phi) is 3.35. The first-order chi connectivity index (χ1) is 8.24. The van der Waals surface area contributed by atoms with Crippen molar-refractivity contribution in [3.63, 3.8) is 0 Å². The third kappa shape index (κ3) is 3.31. The molecule has 86 valence electrons. The van der Waals surface area contributed by atoms with Gasteiger partial charge in [-0.25, -0.2) is 4.79 Å². The van der Waals surface area contributed by atoms with Crippen LogP contribution in [0.15, 0.2) is 48.8 Å². The van der Waals surface area contributed by atoms with Gasteiger partial charge in [-0.2, -0.15) is 0 Å². The molecule has 2 aromatic rings. The molecular formula is C13H13N3O. The zero-order valence-corrected chi connectivity index (χ0v) is 9.26. The second-order valence-electron chi connectivity index (χ2n) is 3.72. The SMILES string of the molecule is NC(=O)Nc1ccc(Cc2ccncc2)cc1. The molecule has 0 saturated heterocycles. The number of benzene rings is 1. The third-order valence-electron chi connectivity index (χ3n) is 2.38. The third-order valence-corrected chi connectivity index (χ3v) is 2.38. The molecule has 0 fully saturated rings. The number of hydrogen-bond donors (Lipinski definition) is 2. The van der Waals surface area contributed by atoms with Crippen molar-refractivity contribution in [1.82, 2.24) is 4.98 Å². The Balaban J connectivity index is 2.06. The van der Waals surface area contributed by atoms with E-state index in [1.54, 1.807) is 12.4 Å². The Bertz CT molecular complexity index is 494. The fourth-order valence-corrected chi connectivity index (χ4v) is 1.58. The van der Waals surface area contributed by atoms with E-state index in [0.29, 0.717) is 5.69 Å². The number of rotatable bonds is 3. The average molecular weight is 227 g/mol. The molecule has 0 radical (unpaired) electrons. The zero-order chi connectivity index (χ0) is 12.1. The van der Waals surface area contributed by atoms with E-state index in [4.69, 9.17) is 5.73 Å². The van der Waals surface area contributed by atoms with Crippen molar-refractivity contribution in [2.45, 2.75) is 6.42 Å². The number of amides is 2. The van der Waals surface area contributed by atoms with E-state index in [1.807, 2.05) is 36.4 Å². The number of carbonyl (C=O) groups excluding carboxylic acids is 1. The van der Waals surface area contributed by atoms with E-state index in [2.05, 4.69) is 10.3 Å². The van der Waals surface area contributed by atoms with Crippen LogP contribution in [0.3, 0.4) is 0 Å². The van der Waals surface area contributed by atoms with Crippen LogP contribution in [-0.4, -0.2) is 11.0 Å². The minimum absolute atomic E-state index is 0.549. The maximum Gasteiger partial charge on any atom is 0.316 e. The lowest BCUT2D eigenvalue weighted by atomic mass is 10.1. The van der Waals surface area contributed by atoms with Crippen LogP contribution in [-0.2, 0) is 6.42 Å². The van der Waals surface area contributed by atoms with Crippen LogP contribution in [0.5, 0.6) is 0 Å². The van der Waals surface area contributed by atoms with Gasteiger partial charge in [-0.05, 0) is 41.8 Å². The van der Waals surface area contributed by atoms with Crippen LogP contribution < -0.4 is 11.1 Å². The summed E-state index contributed by atoms with van der Waals surface area (Å²) in [6.07, 6.45) is 4.40. The quantitative estimate of drug-likeness (QED) is 0.843. The number of anilines is 1. The molecule has 1 aromatic carbocycles. The summed E-state index contributed by atoms with van der Waals surface area (Å²) in [6.45, 7) is 0. The van der Waals surface area contributed by atoms with E-state index in [9.17, 15) is 4.79 Å². The van der Waals surface area contributed by atoms with Crippen molar-refractivity contribution < 1.29 is 4.79 Å². The number of urea groups is 1. The Morgan fingerprint density at radius 1 is 1.06 bits per heavy atom. The predicted molar refractivity (Wildman–Crippen MR) is 66.7 cm³/mol. The van der Waals surface area contributed by atoms with Gasteiger partial charge in [0.05, 0.1) is 0 Å². The van der Waals surface area contributed by atoms with Gasteiger partial charge in [0.25, 0.3) is 0 Å². The van der Waals surface area contributed by atoms with Crippen LogP contribution in [0.1, 0.15) is 11.1 Å². The molecule has 0 bridgehead atoms. The molecular weight excluding hydrogens is 214 g/mol. The molecule has 1 heterocycles. The van der Waals surface area contributed by atoms with Crippen molar-refractivity contribution >= 4 is 11.7 Å². The first-order valence-corrected chi connectivity index (χ1v) is 5.28. The number of nitrogens with one attached hydrogen (secondary N) is 1. The van der Waals surface area contributed by atoms with Gasteiger partial charge in [0.2, 0.25) is 0 Å². The molecule has 0 atom stereocenters. The molecule has 17 heavy (non-hydrogen) atoms. The van der Waals surface area contributed by atoms with Crippen molar-refractivity contribution in [1.29, 1.82) is 0 Å². The summed E-state index contributed by atoms with van der Waals surface area (Å²) in [4.78, 5) is 14.6. The van der Waals surface area contributed by atoms with Gasteiger partial charge in [-0.1, -0.05) is 12.1 Å². The van der Waals surface area contributed by atoms with Gasteiger partial charge < -0.3 is 11.1 Å². The number of aromatic nitrogens is 1. The number of nitrogens with zero attached hydrogens (tertiary/aromatic N) is 1. The molecule has 2 amide bonds. The van der Waals surface area contributed by atoms with Gasteiger partial charge in [0.15, 0.2) is 0 Å². The first kappa shape index (κ1) is 11.1. The maximum absolute atomic E-state index is 10.6. The molecule has 1 aromatic heterocycles. The maximum atomic E-state index is 10.6. The molecule has 0 aliphatic carbocycles. The van der Waals surface area contributed by atoms with Crippen LogP contribution in [0.25, 0.3) is 0 Å². The van der Waals surface area contributed by atoms with E-state index < -0.39 is 6.03 Å². The molecule has 0 spiro atoms. The molecule has 0 unspecified atom stereocenters. The predicted octanol–water partition coefficient (Wildman–Crippen LogP) is 2.16. The van der Waals surface area contributed by atoms with Gasteiger partial charge in [-0.3, -0.25) is 4.98 Å². The van der Waals surface area contributed by atoms with Crippen molar-refractivity contribution in [2.75, 3.05) is 5.32 Å². The topological polar surface area (TPSA) is 68.0 Å². The molecule has 4 heteroatoms. The number of hydrogen-bond acceptors (Lipinski definition) is 2. The van der Waals surface area contributed by atoms with Crippen molar-refractivity contribution in [3.8, 4) is 0 Å². The minimum Gasteiger partial charge on any atom is -0.351 e. The highest BCUT2D eigenvalue weighted by atomic mass is 16.2. The molecule has 0 aliphatic heterocycles. The monoisotopic (exact) mass is 227 g/mol. The second-order valence-corrected chi connectivity index (χ2v) is 3.72. The van der Waals surface area contributed by atoms with E-state index in [0.717, 1.165) is 6.42 Å². The highest BCUT2D eigenvalue weighted by molar-refractivity contribution is 5.87. The number of pyridine rings is 1. The van der Waals surface area contributed by atoms with Gasteiger partial charge >= 0.3 is 6.03 Å². The summed E-state index contributed by atoms with van der Waals surface area (Å²) in [7, 11) is 0. The Labute approximate surface area is 99.5 Å². The van der Waals surface area contributed by atoms with Crippen molar-refractivity contribution in [3.05, 3.63) is 59.9 Å². The van der Waals surface area contributed by atoms with E-state index >= 15 is 0 Å². The van der Waals surface area contributed by atoms with E-state index in [-0.39, 0.29) is 0 Å². The Hall–Kier alpha value is -2.36. The molecule has 0 saturated carbocycles. The molecule has 3 N–H and O–H groups in total. The standard InChI is InChI=1S/C13H13N3O/c14-13(17)16-12-3-1-10(2-4-12)9-11-5-7-15-8-6-11/h1-8H,9H2,(H3,14,16,17). The summed E-state index contributed by atoms with van der Waals surface area (Å²) in [5.41, 5.74) is 8.11. The van der Waals surface area contributed by atoms with Crippen LogP contribution >= 0.6 is 0 Å². The summed E-state index contributed by atoms with van der Waals surface area (Å²) in [6, 6.07) is 11.0. The Morgan fingerprint density at radius 2 is 1.65 bits per heavy atom. The largest absolute Gasteiger partial charge is 0.351 e. The average Bonchev–Trinajstić information content (AvgIpc) is 2.32. The van der Waals surface area contributed by atoms with Crippen molar-refractivity contribution in [2.24, 2.45) is 5.73 Å². The highest BCUT2D eigenvalue weighted by Crippen LogP contribution is 2.12. The second kappa shape index (κ2) is 5.12. The summed E-state index contributed by atoms with van der Waals surface area (Å²) in [5.74, 6) is 0.